The second-order valence-corrected chi connectivity index (χ2v) is 9.35. The summed E-state index contributed by atoms with van der Waals surface area (Å²) in [5, 5.41) is 9.62. The van der Waals surface area contributed by atoms with Crippen molar-refractivity contribution >= 4 is 56.6 Å². The van der Waals surface area contributed by atoms with Crippen LogP contribution in [0.15, 0.2) is 41.3 Å². The number of nitrogens with two attached hydrogens (primary N) is 1. The fourth-order valence-electron chi connectivity index (χ4n) is 3.77. The molecule has 1 aliphatic heterocycles. The number of hydrogen-bond acceptors (Lipinski definition) is 8. The number of aryl methyl sites for hydroxylation is 1. The van der Waals surface area contributed by atoms with Crippen LogP contribution in [0.2, 0.25) is 10.0 Å². The molecule has 1 aromatic carbocycles. The van der Waals surface area contributed by atoms with Crippen molar-refractivity contribution in [1.29, 1.82) is 0 Å². The number of piperazine rings is 1. The molecule has 3 N–H and O–H groups in total. The van der Waals surface area contributed by atoms with E-state index in [-0.39, 0.29) is 0 Å². The molecule has 0 unspecified atom stereocenters. The fourth-order valence-corrected chi connectivity index (χ4v) is 4.93. The highest BCUT2D eigenvalue weighted by Crippen LogP contribution is 2.37. The average molecular weight is 585 g/mol. The van der Waals surface area contributed by atoms with Crippen LogP contribution in [-0.4, -0.2) is 65.3 Å². The lowest BCUT2D eigenvalue weighted by Crippen LogP contribution is -2.47. The molecule has 186 valence electrons. The maximum Gasteiger partial charge on any atom is 0.430 e. The zero-order valence-corrected chi connectivity index (χ0v) is 22.0. The van der Waals surface area contributed by atoms with Crippen LogP contribution in [0.5, 0.6) is 5.75 Å². The Bertz CT molecular complexity index is 1160. The number of aromatic nitrogens is 3. The molecule has 2 aromatic heterocycles. The highest BCUT2D eigenvalue weighted by Gasteiger charge is 2.24. The van der Waals surface area contributed by atoms with Gasteiger partial charge in [0.2, 0.25) is 0 Å². The summed E-state index contributed by atoms with van der Waals surface area (Å²) >= 11 is 16.0. The first-order valence-electron chi connectivity index (χ1n) is 10.8. The van der Waals surface area contributed by atoms with Crippen molar-refractivity contribution in [1.82, 2.24) is 19.8 Å². The number of carbonyl (C=O) groups excluding carboxylic acids is 1. The topological polar surface area (TPSA) is 111 Å². The zero-order valence-electron chi connectivity index (χ0n) is 18.9. The van der Waals surface area contributed by atoms with E-state index >= 15 is 0 Å². The van der Waals surface area contributed by atoms with Gasteiger partial charge in [-0.15, -0.1) is 5.06 Å². The average Bonchev–Trinajstić information content (AvgIpc) is 3.16. The number of nitrogens with zero attached hydrogens (tertiary/aromatic N) is 5. The molecule has 0 bridgehead atoms. The number of halogens is 3. The van der Waals surface area contributed by atoms with Gasteiger partial charge in [0.25, 0.3) is 0 Å². The van der Waals surface area contributed by atoms with Gasteiger partial charge in [0.1, 0.15) is 12.4 Å². The predicted molar refractivity (Wildman–Crippen MR) is 139 cm³/mol. The molecule has 3 heterocycles. The Labute approximate surface area is 221 Å². The SMILES string of the molecule is Cn1ncc(Br)c1-c1cc(NC(=O)ON2CCN(c3c(Cl)cncc3Cl)CC2)ccc1OCCN. The Hall–Kier alpha value is -2.57. The molecule has 0 atom stereocenters. The van der Waals surface area contributed by atoms with Crippen molar-refractivity contribution in [2.75, 3.05) is 49.5 Å². The van der Waals surface area contributed by atoms with E-state index in [4.69, 9.17) is 38.5 Å². The molecule has 3 aromatic rings. The molecule has 0 spiro atoms. The van der Waals surface area contributed by atoms with Crippen molar-refractivity contribution < 1.29 is 14.4 Å². The largest absolute Gasteiger partial charge is 0.492 e. The van der Waals surface area contributed by atoms with Gasteiger partial charge < -0.3 is 20.2 Å². The van der Waals surface area contributed by atoms with Gasteiger partial charge in [-0.25, -0.2) is 4.79 Å². The number of ether oxygens (including phenoxy) is 1. The van der Waals surface area contributed by atoms with Gasteiger partial charge in [-0.05, 0) is 34.1 Å². The van der Waals surface area contributed by atoms with E-state index in [0.29, 0.717) is 60.8 Å². The highest BCUT2D eigenvalue weighted by atomic mass is 79.9. The van der Waals surface area contributed by atoms with E-state index in [0.717, 1.165) is 21.4 Å². The third-order valence-corrected chi connectivity index (χ3v) is 6.48. The van der Waals surface area contributed by atoms with E-state index < -0.39 is 6.09 Å². The summed E-state index contributed by atoms with van der Waals surface area (Å²) in [6, 6.07) is 5.33. The molecule has 1 aliphatic rings. The Morgan fingerprint density at radius 1 is 1.17 bits per heavy atom. The van der Waals surface area contributed by atoms with Crippen molar-refractivity contribution in [3.05, 3.63) is 51.3 Å². The number of benzene rings is 1. The third kappa shape index (κ3) is 5.99. The van der Waals surface area contributed by atoms with Crippen LogP contribution in [0.1, 0.15) is 0 Å². The van der Waals surface area contributed by atoms with Crippen LogP contribution in [-0.2, 0) is 11.9 Å². The van der Waals surface area contributed by atoms with E-state index in [1.807, 2.05) is 11.9 Å². The van der Waals surface area contributed by atoms with Crippen LogP contribution >= 0.6 is 39.1 Å². The van der Waals surface area contributed by atoms with Crippen molar-refractivity contribution in [3.63, 3.8) is 0 Å². The molecular weight excluding hydrogens is 561 g/mol. The lowest BCUT2D eigenvalue weighted by atomic mass is 10.1. The number of amides is 1. The minimum Gasteiger partial charge on any atom is -0.492 e. The zero-order chi connectivity index (χ0) is 24.9. The molecule has 1 saturated heterocycles. The van der Waals surface area contributed by atoms with Gasteiger partial charge in [-0.1, -0.05) is 23.2 Å². The summed E-state index contributed by atoms with van der Waals surface area (Å²) in [4.78, 5) is 24.2. The van der Waals surface area contributed by atoms with Gasteiger partial charge in [0, 0.05) is 50.3 Å². The first-order valence-corrected chi connectivity index (χ1v) is 12.3. The van der Waals surface area contributed by atoms with E-state index in [2.05, 4.69) is 31.3 Å². The maximum atomic E-state index is 12.6. The lowest BCUT2D eigenvalue weighted by Gasteiger charge is -2.35. The Morgan fingerprint density at radius 2 is 1.89 bits per heavy atom. The first kappa shape index (κ1) is 25.5. The number of hydrogen-bond donors (Lipinski definition) is 2. The number of carbonyl (C=O) groups is 1. The van der Waals surface area contributed by atoms with E-state index in [1.54, 1.807) is 46.5 Å². The molecule has 4 rings (SSSR count). The van der Waals surface area contributed by atoms with Gasteiger partial charge in [0.15, 0.2) is 0 Å². The van der Waals surface area contributed by atoms with Gasteiger partial charge in [0.05, 0.1) is 45.2 Å². The second kappa shape index (κ2) is 11.4. The van der Waals surface area contributed by atoms with E-state index in [9.17, 15) is 4.79 Å². The number of nitrogens with one attached hydrogen (secondary N) is 1. The van der Waals surface area contributed by atoms with Gasteiger partial charge >= 0.3 is 6.09 Å². The normalized spacial score (nSPS) is 14.1. The summed E-state index contributed by atoms with van der Waals surface area (Å²) in [5.74, 6) is 0.628. The Morgan fingerprint density at radius 3 is 2.51 bits per heavy atom. The summed E-state index contributed by atoms with van der Waals surface area (Å²) in [6.45, 7) is 2.89. The molecule has 10 nitrogen and oxygen atoms in total. The molecule has 35 heavy (non-hydrogen) atoms. The standard InChI is InChI=1S/C22H24BrCl2N7O3/c1-30-20(16(23)11-28-30)15-10-14(2-3-19(15)34-9-4-26)29-22(33)35-32-7-5-31(6-8-32)21-17(24)12-27-13-18(21)25/h2-3,10-13H,4-9,26H2,1H3,(H,29,33). The number of anilines is 2. The number of rotatable bonds is 7. The molecule has 1 amide bonds. The summed E-state index contributed by atoms with van der Waals surface area (Å²) in [5.41, 5.74) is 8.44. The maximum absolute atomic E-state index is 12.6. The Balaban J connectivity index is 1.41. The van der Waals surface area contributed by atoms with Crippen LogP contribution in [0.3, 0.4) is 0 Å². The molecular formula is C22H24BrCl2N7O3. The fraction of sp³-hybridized carbons (Fsp3) is 0.318. The smallest absolute Gasteiger partial charge is 0.430 e. The number of hydroxylamine groups is 2. The quantitative estimate of drug-likeness (QED) is 0.425. The summed E-state index contributed by atoms with van der Waals surface area (Å²) < 4.78 is 8.31. The highest BCUT2D eigenvalue weighted by molar-refractivity contribution is 9.10. The molecule has 0 aliphatic carbocycles. The van der Waals surface area contributed by atoms with Crippen molar-refractivity contribution in [3.8, 4) is 17.0 Å². The third-order valence-electron chi connectivity index (χ3n) is 5.35. The van der Waals surface area contributed by atoms with E-state index in [1.165, 1.54) is 0 Å². The lowest BCUT2D eigenvalue weighted by molar-refractivity contribution is -0.0966. The predicted octanol–water partition coefficient (Wildman–Crippen LogP) is 4.17. The van der Waals surface area contributed by atoms with Crippen molar-refractivity contribution in [2.24, 2.45) is 12.8 Å². The van der Waals surface area contributed by atoms with Crippen molar-refractivity contribution in [2.45, 2.75) is 0 Å². The van der Waals surface area contributed by atoms with Gasteiger partial charge in [-0.2, -0.15) is 5.10 Å². The molecule has 0 saturated carbocycles. The minimum atomic E-state index is -0.593. The second-order valence-electron chi connectivity index (χ2n) is 7.68. The van der Waals surface area contributed by atoms with Crippen LogP contribution in [0, 0.1) is 0 Å². The number of pyridine rings is 1. The van der Waals surface area contributed by atoms with Crippen LogP contribution < -0.4 is 20.7 Å². The molecule has 0 radical (unpaired) electrons. The van der Waals surface area contributed by atoms with Crippen LogP contribution in [0.4, 0.5) is 16.2 Å². The molecule has 13 heteroatoms. The van der Waals surface area contributed by atoms with Gasteiger partial charge in [-0.3, -0.25) is 15.0 Å². The van der Waals surface area contributed by atoms with Crippen LogP contribution in [0.25, 0.3) is 11.3 Å². The Kier molecular flexibility index (Phi) is 8.34. The molecule has 1 fully saturated rings. The monoisotopic (exact) mass is 583 g/mol. The minimum absolute atomic E-state index is 0.360. The summed E-state index contributed by atoms with van der Waals surface area (Å²) in [6.07, 6.45) is 4.22. The first-order chi connectivity index (χ1) is 16.9. The summed E-state index contributed by atoms with van der Waals surface area (Å²) in [7, 11) is 1.83.